The Balaban J connectivity index is 2.39. The molecule has 92 valence electrons. The van der Waals surface area contributed by atoms with Crippen molar-refractivity contribution in [3.8, 4) is 6.07 Å². The third-order valence-corrected chi connectivity index (χ3v) is 3.28. The fraction of sp³-hybridized carbons (Fsp3) is 0.923. The highest BCUT2D eigenvalue weighted by Gasteiger charge is 2.24. The van der Waals surface area contributed by atoms with E-state index in [9.17, 15) is 0 Å². The SMILES string of the molecule is CCCOC1CCCN(C(CC)CC#N)C1. The Morgan fingerprint density at radius 1 is 1.50 bits per heavy atom. The van der Waals surface area contributed by atoms with Crippen LogP contribution in [-0.2, 0) is 4.74 Å². The summed E-state index contributed by atoms with van der Waals surface area (Å²) in [5, 5.41) is 8.80. The predicted octanol–water partition coefficient (Wildman–Crippen LogP) is 2.57. The second-order valence-corrected chi connectivity index (χ2v) is 4.55. The molecule has 1 aliphatic heterocycles. The van der Waals surface area contributed by atoms with Crippen LogP contribution in [0.25, 0.3) is 0 Å². The average Bonchev–Trinajstić information content (AvgIpc) is 2.33. The van der Waals surface area contributed by atoms with Crippen molar-refractivity contribution in [2.24, 2.45) is 0 Å². The molecule has 0 aromatic carbocycles. The summed E-state index contributed by atoms with van der Waals surface area (Å²) in [6.07, 6.45) is 5.58. The molecule has 0 saturated carbocycles. The summed E-state index contributed by atoms with van der Waals surface area (Å²) in [4.78, 5) is 2.44. The third kappa shape index (κ3) is 4.11. The van der Waals surface area contributed by atoms with Crippen LogP contribution in [0.1, 0.15) is 46.0 Å². The number of hydrogen-bond acceptors (Lipinski definition) is 3. The van der Waals surface area contributed by atoms with Crippen molar-refractivity contribution in [2.45, 2.75) is 58.1 Å². The van der Waals surface area contributed by atoms with Gasteiger partial charge in [0.1, 0.15) is 0 Å². The van der Waals surface area contributed by atoms with Gasteiger partial charge in [-0.15, -0.1) is 0 Å². The fourth-order valence-electron chi connectivity index (χ4n) is 2.36. The molecule has 0 aliphatic carbocycles. The van der Waals surface area contributed by atoms with Gasteiger partial charge < -0.3 is 4.74 Å². The maximum atomic E-state index is 8.80. The molecule has 2 unspecified atom stereocenters. The Hall–Kier alpha value is -0.590. The smallest absolute Gasteiger partial charge is 0.0702 e. The first-order valence-electron chi connectivity index (χ1n) is 6.54. The first-order chi connectivity index (χ1) is 7.81. The highest BCUT2D eigenvalue weighted by Crippen LogP contribution is 2.18. The topological polar surface area (TPSA) is 36.3 Å². The number of likely N-dealkylation sites (tertiary alicyclic amines) is 1. The molecule has 16 heavy (non-hydrogen) atoms. The zero-order valence-electron chi connectivity index (χ0n) is 10.6. The van der Waals surface area contributed by atoms with Crippen LogP contribution < -0.4 is 0 Å². The standard InChI is InChI=1S/C13H24N2O/c1-3-10-16-13-6-5-9-15(11-13)12(4-2)7-8-14/h12-13H,3-7,9-11H2,1-2H3. The molecule has 1 heterocycles. The summed E-state index contributed by atoms with van der Waals surface area (Å²) in [7, 11) is 0. The lowest BCUT2D eigenvalue weighted by Gasteiger charge is -2.37. The molecule has 0 aromatic heterocycles. The van der Waals surface area contributed by atoms with Gasteiger partial charge in [0.15, 0.2) is 0 Å². The number of ether oxygens (including phenoxy) is 1. The minimum absolute atomic E-state index is 0.390. The number of nitrogens with zero attached hydrogens (tertiary/aromatic N) is 2. The van der Waals surface area contributed by atoms with E-state index in [0.29, 0.717) is 18.6 Å². The van der Waals surface area contributed by atoms with Crippen molar-refractivity contribution in [3.05, 3.63) is 0 Å². The molecule has 0 aromatic rings. The quantitative estimate of drug-likeness (QED) is 0.695. The summed E-state index contributed by atoms with van der Waals surface area (Å²) in [6, 6.07) is 2.72. The molecule has 2 atom stereocenters. The van der Waals surface area contributed by atoms with Crippen LogP contribution in [0.3, 0.4) is 0 Å². The molecular weight excluding hydrogens is 200 g/mol. The van der Waals surface area contributed by atoms with Gasteiger partial charge >= 0.3 is 0 Å². The van der Waals surface area contributed by atoms with E-state index < -0.39 is 0 Å². The Kier molecular flexibility index (Phi) is 6.44. The van der Waals surface area contributed by atoms with Gasteiger partial charge in [-0.3, -0.25) is 4.90 Å². The lowest BCUT2D eigenvalue weighted by atomic mass is 10.0. The van der Waals surface area contributed by atoms with Gasteiger partial charge in [-0.1, -0.05) is 13.8 Å². The van der Waals surface area contributed by atoms with Crippen molar-refractivity contribution in [1.29, 1.82) is 5.26 Å². The Labute approximate surface area is 99.4 Å². The van der Waals surface area contributed by atoms with E-state index in [0.717, 1.165) is 32.5 Å². The lowest BCUT2D eigenvalue weighted by molar-refractivity contribution is -0.0124. The van der Waals surface area contributed by atoms with E-state index >= 15 is 0 Å². The maximum absolute atomic E-state index is 8.80. The van der Waals surface area contributed by atoms with Crippen LogP contribution >= 0.6 is 0 Å². The molecular formula is C13H24N2O. The number of hydrogen-bond donors (Lipinski definition) is 0. The van der Waals surface area contributed by atoms with Crippen LogP contribution in [0, 0.1) is 11.3 Å². The van der Waals surface area contributed by atoms with E-state index in [1.165, 1.54) is 12.8 Å². The van der Waals surface area contributed by atoms with E-state index in [-0.39, 0.29) is 0 Å². The molecule has 0 amide bonds. The molecule has 1 aliphatic rings. The highest BCUT2D eigenvalue weighted by molar-refractivity contribution is 4.85. The van der Waals surface area contributed by atoms with Gasteiger partial charge in [0.25, 0.3) is 0 Å². The van der Waals surface area contributed by atoms with Crippen molar-refractivity contribution in [2.75, 3.05) is 19.7 Å². The summed E-state index contributed by atoms with van der Waals surface area (Å²) < 4.78 is 5.81. The van der Waals surface area contributed by atoms with Crippen molar-refractivity contribution < 1.29 is 4.74 Å². The largest absolute Gasteiger partial charge is 0.377 e. The molecule has 3 nitrogen and oxygen atoms in total. The Morgan fingerprint density at radius 2 is 2.31 bits per heavy atom. The number of nitriles is 1. The molecule has 1 rings (SSSR count). The maximum Gasteiger partial charge on any atom is 0.0702 e. The lowest BCUT2D eigenvalue weighted by Crippen LogP contribution is -2.45. The van der Waals surface area contributed by atoms with Crippen LogP contribution in [0.5, 0.6) is 0 Å². The fourth-order valence-corrected chi connectivity index (χ4v) is 2.36. The molecule has 0 spiro atoms. The first-order valence-corrected chi connectivity index (χ1v) is 6.54. The van der Waals surface area contributed by atoms with Gasteiger partial charge in [-0.25, -0.2) is 0 Å². The minimum atomic E-state index is 0.390. The molecule has 1 fully saturated rings. The van der Waals surface area contributed by atoms with Gasteiger partial charge in [0.05, 0.1) is 18.6 Å². The van der Waals surface area contributed by atoms with Crippen molar-refractivity contribution in [1.82, 2.24) is 4.90 Å². The number of rotatable bonds is 6. The van der Waals surface area contributed by atoms with Crippen molar-refractivity contribution in [3.63, 3.8) is 0 Å². The van der Waals surface area contributed by atoms with Crippen molar-refractivity contribution >= 4 is 0 Å². The van der Waals surface area contributed by atoms with Crippen LogP contribution in [-0.4, -0.2) is 36.7 Å². The van der Waals surface area contributed by atoms with Gasteiger partial charge in [-0.2, -0.15) is 5.26 Å². The first kappa shape index (κ1) is 13.5. The zero-order chi connectivity index (χ0) is 11.8. The molecule has 0 radical (unpaired) electrons. The summed E-state index contributed by atoms with van der Waals surface area (Å²) in [6.45, 7) is 7.32. The Bertz CT molecular complexity index is 224. The van der Waals surface area contributed by atoms with Crippen LogP contribution in [0.15, 0.2) is 0 Å². The normalized spacial score (nSPS) is 23.9. The summed E-state index contributed by atoms with van der Waals surface area (Å²) >= 11 is 0. The Morgan fingerprint density at radius 3 is 2.94 bits per heavy atom. The molecule has 3 heteroatoms. The molecule has 0 N–H and O–H groups in total. The van der Waals surface area contributed by atoms with E-state index in [2.05, 4.69) is 24.8 Å². The average molecular weight is 224 g/mol. The second kappa shape index (κ2) is 7.65. The highest BCUT2D eigenvalue weighted by atomic mass is 16.5. The van der Waals surface area contributed by atoms with Crippen LogP contribution in [0.4, 0.5) is 0 Å². The molecule has 1 saturated heterocycles. The van der Waals surface area contributed by atoms with Gasteiger partial charge in [-0.05, 0) is 32.2 Å². The van der Waals surface area contributed by atoms with Crippen LogP contribution in [0.2, 0.25) is 0 Å². The van der Waals surface area contributed by atoms with E-state index in [1.807, 2.05) is 0 Å². The monoisotopic (exact) mass is 224 g/mol. The second-order valence-electron chi connectivity index (χ2n) is 4.55. The third-order valence-electron chi connectivity index (χ3n) is 3.28. The number of piperidine rings is 1. The molecule has 0 bridgehead atoms. The summed E-state index contributed by atoms with van der Waals surface area (Å²) in [5.74, 6) is 0. The predicted molar refractivity (Wildman–Crippen MR) is 65.1 cm³/mol. The van der Waals surface area contributed by atoms with Gasteiger partial charge in [0.2, 0.25) is 0 Å². The minimum Gasteiger partial charge on any atom is -0.377 e. The zero-order valence-corrected chi connectivity index (χ0v) is 10.6. The van der Waals surface area contributed by atoms with Gasteiger partial charge in [0, 0.05) is 19.2 Å². The summed E-state index contributed by atoms with van der Waals surface area (Å²) in [5.41, 5.74) is 0. The van der Waals surface area contributed by atoms with E-state index in [1.54, 1.807) is 0 Å². The van der Waals surface area contributed by atoms with E-state index in [4.69, 9.17) is 10.00 Å².